The Kier molecular flexibility index (Phi) is 4.16. The molecule has 7 rings (SSSR count). The van der Waals surface area contributed by atoms with Crippen LogP contribution in [-0.2, 0) is 6.42 Å². The lowest BCUT2D eigenvalue weighted by atomic mass is 10.1. The van der Waals surface area contributed by atoms with Crippen LogP contribution in [0.2, 0.25) is 0 Å². The van der Waals surface area contributed by atoms with Crippen LogP contribution < -0.4 is 0 Å². The summed E-state index contributed by atoms with van der Waals surface area (Å²) in [5.74, 6) is 0. The molecular weight excluding hydrogens is 412 g/mol. The van der Waals surface area contributed by atoms with Gasteiger partial charge in [0.1, 0.15) is 0 Å². The van der Waals surface area contributed by atoms with Crippen molar-refractivity contribution in [3.63, 3.8) is 0 Å². The van der Waals surface area contributed by atoms with E-state index in [4.69, 9.17) is 0 Å². The number of para-hydroxylation sites is 3. The van der Waals surface area contributed by atoms with Crippen LogP contribution in [0.5, 0.6) is 0 Å². The summed E-state index contributed by atoms with van der Waals surface area (Å²) in [4.78, 5) is 0. The second-order valence-corrected chi connectivity index (χ2v) is 9.11. The van der Waals surface area contributed by atoms with Crippen molar-refractivity contribution in [3.8, 4) is 11.4 Å². The number of benzene rings is 4. The number of fused-ring (bicyclic) bond motifs is 6. The normalized spacial score (nSPS) is 12.6. The molecule has 4 aromatic carbocycles. The number of aromatic nitrogens is 2. The van der Waals surface area contributed by atoms with Crippen molar-refractivity contribution in [2.75, 3.05) is 0 Å². The zero-order valence-electron chi connectivity index (χ0n) is 19.1. The Labute approximate surface area is 199 Å². The highest BCUT2D eigenvalue weighted by atomic mass is 15.0. The summed E-state index contributed by atoms with van der Waals surface area (Å²) in [7, 11) is 0. The molecule has 0 radical (unpaired) electrons. The molecule has 0 N–H and O–H groups in total. The van der Waals surface area contributed by atoms with Gasteiger partial charge in [0.05, 0.1) is 11.0 Å². The van der Waals surface area contributed by atoms with E-state index in [0.717, 1.165) is 6.42 Å². The maximum atomic E-state index is 2.45. The maximum absolute atomic E-state index is 2.45. The Morgan fingerprint density at radius 2 is 1.06 bits per heavy atom. The minimum absolute atomic E-state index is 0.851. The zero-order valence-corrected chi connectivity index (χ0v) is 19.1. The summed E-state index contributed by atoms with van der Waals surface area (Å²) in [6, 6.07) is 37.1. The molecule has 2 nitrogen and oxygen atoms in total. The molecule has 6 aromatic rings. The first-order chi connectivity index (χ1) is 16.8. The minimum atomic E-state index is 0.851. The molecule has 1 aliphatic rings. The average molecular weight is 437 g/mol. The minimum Gasteiger partial charge on any atom is -0.313 e. The van der Waals surface area contributed by atoms with Crippen molar-refractivity contribution in [2.45, 2.75) is 13.3 Å². The Morgan fingerprint density at radius 1 is 0.529 bits per heavy atom. The lowest BCUT2D eigenvalue weighted by Crippen LogP contribution is -2.06. The van der Waals surface area contributed by atoms with Crippen LogP contribution >= 0.6 is 0 Å². The molecule has 34 heavy (non-hydrogen) atoms. The molecular formula is C32H24N2. The molecule has 1 aliphatic carbocycles. The summed E-state index contributed by atoms with van der Waals surface area (Å²) in [5, 5.41) is 2.62. The topological polar surface area (TPSA) is 9.86 Å². The first-order valence-electron chi connectivity index (χ1n) is 11.8. The van der Waals surface area contributed by atoms with Crippen LogP contribution in [-0.4, -0.2) is 9.13 Å². The molecule has 2 aromatic heterocycles. The Morgan fingerprint density at radius 3 is 1.71 bits per heavy atom. The zero-order chi connectivity index (χ0) is 22.6. The van der Waals surface area contributed by atoms with Gasteiger partial charge in [-0.05, 0) is 49.4 Å². The summed E-state index contributed by atoms with van der Waals surface area (Å²) >= 11 is 0. The third-order valence-corrected chi connectivity index (χ3v) is 7.06. The first-order valence-corrected chi connectivity index (χ1v) is 11.8. The molecule has 2 heterocycles. The van der Waals surface area contributed by atoms with E-state index in [9.17, 15) is 0 Å². The number of nitrogens with zero attached hydrogens (tertiary/aromatic N) is 2. The van der Waals surface area contributed by atoms with Crippen molar-refractivity contribution in [1.82, 2.24) is 9.13 Å². The molecule has 2 heteroatoms. The van der Waals surface area contributed by atoms with E-state index in [1.807, 2.05) is 0 Å². The Balaban J connectivity index is 1.58. The van der Waals surface area contributed by atoms with Gasteiger partial charge in [0.2, 0.25) is 0 Å². The van der Waals surface area contributed by atoms with Gasteiger partial charge in [-0.3, -0.25) is 0 Å². The quantitative estimate of drug-likeness (QED) is 0.260. The van der Waals surface area contributed by atoms with E-state index < -0.39 is 0 Å². The summed E-state index contributed by atoms with van der Waals surface area (Å²) in [6.07, 6.45) is 5.52. The molecule has 0 unspecified atom stereocenters. The largest absolute Gasteiger partial charge is 0.313 e. The van der Waals surface area contributed by atoms with Gasteiger partial charge < -0.3 is 9.13 Å². The van der Waals surface area contributed by atoms with E-state index in [1.165, 1.54) is 61.3 Å². The van der Waals surface area contributed by atoms with Crippen molar-refractivity contribution in [1.29, 1.82) is 0 Å². The van der Waals surface area contributed by atoms with Crippen LogP contribution in [0.1, 0.15) is 28.1 Å². The fraction of sp³-hybridized carbons (Fsp3) is 0.0625. The highest BCUT2D eigenvalue weighted by molar-refractivity contribution is 6.01. The number of rotatable bonds is 2. The molecule has 162 valence electrons. The molecule has 0 atom stereocenters. The van der Waals surface area contributed by atoms with E-state index >= 15 is 0 Å². The van der Waals surface area contributed by atoms with Crippen LogP contribution in [0.3, 0.4) is 0 Å². The predicted molar refractivity (Wildman–Crippen MR) is 143 cm³/mol. The molecule has 0 fully saturated rings. The van der Waals surface area contributed by atoms with E-state index in [0.29, 0.717) is 0 Å². The van der Waals surface area contributed by atoms with Crippen molar-refractivity contribution < 1.29 is 0 Å². The maximum Gasteiger partial charge on any atom is 0.0538 e. The van der Waals surface area contributed by atoms with Gasteiger partial charge in [-0.1, -0.05) is 78.4 Å². The van der Waals surface area contributed by atoms with Crippen LogP contribution in [0.15, 0.2) is 103 Å². The standard InChI is InChI=1S/C32H24N2/c1-22-16-19-30-28(20-22)27-18-17-26-25-14-8-9-15-29(25)33(23-10-4-2-5-11-23)31(26)21-32(27)34(30)24-12-6-3-7-13-24/h2-20H,21H2,1H3. The van der Waals surface area contributed by atoms with Crippen LogP contribution in [0.25, 0.3) is 45.3 Å². The first kappa shape index (κ1) is 19.2. The van der Waals surface area contributed by atoms with Gasteiger partial charge >= 0.3 is 0 Å². The second-order valence-electron chi connectivity index (χ2n) is 9.11. The van der Waals surface area contributed by atoms with Crippen LogP contribution in [0.4, 0.5) is 0 Å². The number of hydrogen-bond acceptors (Lipinski definition) is 0. The average Bonchev–Trinajstić information content (AvgIpc) is 3.27. The second kappa shape index (κ2) is 7.36. The van der Waals surface area contributed by atoms with Crippen molar-refractivity contribution in [3.05, 3.63) is 131 Å². The Bertz CT molecular complexity index is 1710. The van der Waals surface area contributed by atoms with Gasteiger partial charge in [-0.15, -0.1) is 0 Å². The van der Waals surface area contributed by atoms with Crippen LogP contribution in [0, 0.1) is 6.92 Å². The summed E-state index contributed by atoms with van der Waals surface area (Å²) in [5.41, 5.74) is 11.5. The summed E-state index contributed by atoms with van der Waals surface area (Å²) < 4.78 is 4.90. The van der Waals surface area contributed by atoms with Crippen molar-refractivity contribution in [2.24, 2.45) is 0 Å². The van der Waals surface area contributed by atoms with Gasteiger partial charge in [0.15, 0.2) is 0 Å². The molecule has 0 saturated carbocycles. The Hall–Kier alpha value is -4.30. The molecule has 0 aliphatic heterocycles. The SMILES string of the molecule is Cc1ccc2c(c1)c1c(n2-c2ccccc2)Cc2c(c3ccccc3n2-c2ccccc2)C=C1. The lowest BCUT2D eigenvalue weighted by Gasteiger charge is -2.15. The van der Waals surface area contributed by atoms with Gasteiger partial charge in [-0.25, -0.2) is 0 Å². The number of hydrogen-bond donors (Lipinski definition) is 0. The van der Waals surface area contributed by atoms with Gasteiger partial charge in [0.25, 0.3) is 0 Å². The van der Waals surface area contributed by atoms with Gasteiger partial charge in [0, 0.05) is 51.1 Å². The molecule has 0 spiro atoms. The monoisotopic (exact) mass is 436 g/mol. The van der Waals surface area contributed by atoms with Gasteiger partial charge in [-0.2, -0.15) is 0 Å². The molecule has 0 bridgehead atoms. The fourth-order valence-corrected chi connectivity index (χ4v) is 5.59. The predicted octanol–water partition coefficient (Wildman–Crippen LogP) is 7.96. The lowest BCUT2D eigenvalue weighted by molar-refractivity contribution is 0.919. The van der Waals surface area contributed by atoms with Crippen molar-refractivity contribution >= 4 is 34.0 Å². The fourth-order valence-electron chi connectivity index (χ4n) is 5.59. The highest BCUT2D eigenvalue weighted by Gasteiger charge is 2.25. The third-order valence-electron chi connectivity index (χ3n) is 7.06. The highest BCUT2D eigenvalue weighted by Crippen LogP contribution is 2.39. The van der Waals surface area contributed by atoms with E-state index in [-0.39, 0.29) is 0 Å². The van der Waals surface area contributed by atoms with E-state index in [1.54, 1.807) is 0 Å². The molecule has 0 saturated heterocycles. The summed E-state index contributed by atoms with van der Waals surface area (Å²) in [6.45, 7) is 2.18. The van der Waals surface area contributed by atoms with E-state index in [2.05, 4.69) is 131 Å². The third kappa shape index (κ3) is 2.75. The smallest absolute Gasteiger partial charge is 0.0538 e. The number of aryl methyl sites for hydroxylation is 1. The molecule has 0 amide bonds.